The van der Waals surface area contributed by atoms with Gasteiger partial charge in [0.05, 0.1) is 6.61 Å². The van der Waals surface area contributed by atoms with Crippen LogP contribution in [0.2, 0.25) is 0 Å². The van der Waals surface area contributed by atoms with Crippen LogP contribution in [-0.2, 0) is 11.2 Å². The smallest absolute Gasteiger partial charge is 0.205 e. The molecule has 1 aromatic carbocycles. The summed E-state index contributed by atoms with van der Waals surface area (Å²) in [5, 5.41) is 2.94. The van der Waals surface area contributed by atoms with Crippen LogP contribution in [0.25, 0.3) is 5.76 Å². The van der Waals surface area contributed by atoms with Crippen LogP contribution in [0.3, 0.4) is 0 Å². The third kappa shape index (κ3) is 3.96. The molecule has 2 aromatic heterocycles. The summed E-state index contributed by atoms with van der Waals surface area (Å²) >= 11 is 3.21. The highest BCUT2D eigenvalue weighted by Crippen LogP contribution is 2.34. The van der Waals surface area contributed by atoms with Crippen LogP contribution < -0.4 is 4.90 Å². The molecule has 6 heteroatoms. The molecule has 0 spiro atoms. The predicted molar refractivity (Wildman–Crippen MR) is 112 cm³/mol. The van der Waals surface area contributed by atoms with Crippen LogP contribution in [0.5, 0.6) is 0 Å². The van der Waals surface area contributed by atoms with E-state index in [1.165, 1.54) is 16.2 Å². The number of thiazole rings is 1. The fourth-order valence-electron chi connectivity index (χ4n) is 2.92. The van der Waals surface area contributed by atoms with Gasteiger partial charge in [0.1, 0.15) is 16.3 Å². The van der Waals surface area contributed by atoms with Gasteiger partial charge in [0.2, 0.25) is 5.78 Å². The second-order valence-corrected chi connectivity index (χ2v) is 8.34. The van der Waals surface area contributed by atoms with Crippen LogP contribution in [0.1, 0.15) is 32.2 Å². The first-order valence-corrected chi connectivity index (χ1v) is 10.6. The van der Waals surface area contributed by atoms with Gasteiger partial charge in [-0.2, -0.15) is 0 Å². The van der Waals surface area contributed by atoms with Crippen molar-refractivity contribution in [2.24, 2.45) is 0 Å². The Bertz CT molecular complexity index is 946. The van der Waals surface area contributed by atoms with Crippen molar-refractivity contribution in [1.82, 2.24) is 4.98 Å². The Kier molecular flexibility index (Phi) is 5.36. The standard InChI is InChI=1S/C21H20N2O2S2/c1-23(12-11-16-9-6-14-26-16)21-22-18(17-10-5-13-25-17)20(27-21)19(24)15-7-3-2-4-8-15/h2-4,6-10,14H,5,11-13H2,1H3. The van der Waals surface area contributed by atoms with E-state index >= 15 is 0 Å². The monoisotopic (exact) mass is 396 g/mol. The van der Waals surface area contributed by atoms with Crippen molar-refractivity contribution in [3.8, 4) is 0 Å². The van der Waals surface area contributed by atoms with Crippen molar-refractivity contribution < 1.29 is 9.53 Å². The number of ketones is 1. The van der Waals surface area contributed by atoms with Crippen LogP contribution >= 0.6 is 22.7 Å². The number of thiophene rings is 1. The normalized spacial score (nSPS) is 13.3. The number of aromatic nitrogens is 1. The molecule has 0 N–H and O–H groups in total. The number of carbonyl (C=O) groups is 1. The van der Waals surface area contributed by atoms with Gasteiger partial charge in [-0.25, -0.2) is 4.98 Å². The number of likely N-dealkylation sites (N-methyl/N-ethyl adjacent to an activating group) is 1. The Balaban J connectivity index is 1.62. The Morgan fingerprint density at radius 2 is 2.07 bits per heavy atom. The van der Waals surface area contributed by atoms with Gasteiger partial charge in [-0.1, -0.05) is 47.7 Å². The maximum atomic E-state index is 13.1. The molecule has 0 amide bonds. The lowest BCUT2D eigenvalue weighted by Gasteiger charge is -2.14. The summed E-state index contributed by atoms with van der Waals surface area (Å²) in [5.74, 6) is 0.723. The highest BCUT2D eigenvalue weighted by Gasteiger charge is 2.25. The fourth-order valence-corrected chi connectivity index (χ4v) is 4.64. The molecule has 0 saturated heterocycles. The molecule has 27 heavy (non-hydrogen) atoms. The SMILES string of the molecule is CN(CCc1cccs1)c1nc(C2=CCCO2)c(C(=O)c2ccccc2)s1. The summed E-state index contributed by atoms with van der Waals surface area (Å²) < 4.78 is 5.71. The second kappa shape index (κ2) is 8.06. The largest absolute Gasteiger partial charge is 0.491 e. The molecule has 0 aliphatic carbocycles. The first kappa shape index (κ1) is 17.9. The van der Waals surface area contributed by atoms with E-state index in [0.717, 1.165) is 30.3 Å². The summed E-state index contributed by atoms with van der Waals surface area (Å²) in [6.07, 6.45) is 3.84. The summed E-state index contributed by atoms with van der Waals surface area (Å²) in [6.45, 7) is 1.50. The number of rotatable bonds is 7. The van der Waals surface area contributed by atoms with Crippen molar-refractivity contribution >= 4 is 39.3 Å². The van der Waals surface area contributed by atoms with Gasteiger partial charge in [-0.3, -0.25) is 4.79 Å². The molecule has 0 radical (unpaired) electrons. The molecule has 4 rings (SSSR count). The molecular formula is C21H20N2O2S2. The lowest BCUT2D eigenvalue weighted by atomic mass is 10.1. The highest BCUT2D eigenvalue weighted by molar-refractivity contribution is 7.18. The molecule has 0 unspecified atom stereocenters. The van der Waals surface area contributed by atoms with E-state index in [-0.39, 0.29) is 5.78 Å². The highest BCUT2D eigenvalue weighted by atomic mass is 32.1. The maximum Gasteiger partial charge on any atom is 0.205 e. The lowest BCUT2D eigenvalue weighted by Crippen LogP contribution is -2.19. The number of carbonyl (C=O) groups excluding carboxylic acids is 1. The lowest BCUT2D eigenvalue weighted by molar-refractivity contribution is 0.104. The number of hydrogen-bond acceptors (Lipinski definition) is 6. The number of anilines is 1. The third-order valence-electron chi connectivity index (χ3n) is 4.40. The van der Waals surface area contributed by atoms with Gasteiger partial charge < -0.3 is 9.64 Å². The zero-order chi connectivity index (χ0) is 18.6. The Morgan fingerprint density at radius 1 is 1.22 bits per heavy atom. The molecule has 0 saturated carbocycles. The molecule has 1 aliphatic heterocycles. The molecule has 0 fully saturated rings. The van der Waals surface area contributed by atoms with E-state index in [4.69, 9.17) is 9.72 Å². The van der Waals surface area contributed by atoms with Crippen LogP contribution in [0, 0.1) is 0 Å². The zero-order valence-electron chi connectivity index (χ0n) is 15.1. The van der Waals surface area contributed by atoms with Gasteiger partial charge >= 0.3 is 0 Å². The van der Waals surface area contributed by atoms with Crippen molar-refractivity contribution in [2.45, 2.75) is 12.8 Å². The molecule has 3 aromatic rings. The van der Waals surface area contributed by atoms with Crippen molar-refractivity contribution in [1.29, 1.82) is 0 Å². The molecule has 138 valence electrons. The van der Waals surface area contributed by atoms with E-state index < -0.39 is 0 Å². The van der Waals surface area contributed by atoms with Gasteiger partial charge in [-0.15, -0.1) is 11.3 Å². The molecule has 0 bridgehead atoms. The Labute approximate surface area is 166 Å². The van der Waals surface area contributed by atoms with Crippen molar-refractivity contribution in [2.75, 3.05) is 25.1 Å². The van der Waals surface area contributed by atoms with Crippen LogP contribution in [0.15, 0.2) is 53.9 Å². The minimum atomic E-state index is -0.00240. The minimum absolute atomic E-state index is 0.00240. The van der Waals surface area contributed by atoms with Gasteiger partial charge in [0.25, 0.3) is 0 Å². The van der Waals surface area contributed by atoms with E-state index in [0.29, 0.717) is 22.7 Å². The third-order valence-corrected chi connectivity index (χ3v) is 6.50. The summed E-state index contributed by atoms with van der Waals surface area (Å²) in [4.78, 5) is 22.0. The molecule has 0 atom stereocenters. The molecule has 3 heterocycles. The average molecular weight is 397 g/mol. The van der Waals surface area contributed by atoms with Gasteiger partial charge in [0, 0.05) is 30.5 Å². The minimum Gasteiger partial charge on any atom is -0.491 e. The first-order chi connectivity index (χ1) is 13.2. The molecular weight excluding hydrogens is 376 g/mol. The number of ether oxygens (including phenoxy) is 1. The predicted octanol–water partition coefficient (Wildman–Crippen LogP) is 4.88. The number of hydrogen-bond donors (Lipinski definition) is 0. The average Bonchev–Trinajstić information content (AvgIpc) is 3.47. The van der Waals surface area contributed by atoms with Gasteiger partial charge in [-0.05, 0) is 23.9 Å². The zero-order valence-corrected chi connectivity index (χ0v) is 16.7. The van der Waals surface area contributed by atoms with Crippen LogP contribution in [0.4, 0.5) is 5.13 Å². The maximum absolute atomic E-state index is 13.1. The molecule has 4 nitrogen and oxygen atoms in total. The quantitative estimate of drug-likeness (QED) is 0.534. The number of nitrogens with zero attached hydrogens (tertiary/aromatic N) is 2. The Morgan fingerprint density at radius 3 is 2.78 bits per heavy atom. The van der Waals surface area contributed by atoms with E-state index in [9.17, 15) is 4.79 Å². The van der Waals surface area contributed by atoms with E-state index in [1.807, 2.05) is 43.5 Å². The van der Waals surface area contributed by atoms with Crippen molar-refractivity contribution in [3.63, 3.8) is 0 Å². The summed E-state index contributed by atoms with van der Waals surface area (Å²) in [6, 6.07) is 13.6. The van der Waals surface area contributed by atoms with E-state index in [1.54, 1.807) is 11.3 Å². The first-order valence-electron chi connectivity index (χ1n) is 8.90. The second-order valence-electron chi connectivity index (χ2n) is 6.33. The topological polar surface area (TPSA) is 42.4 Å². The Hall–Kier alpha value is -2.44. The van der Waals surface area contributed by atoms with Gasteiger partial charge in [0.15, 0.2) is 5.13 Å². The van der Waals surface area contributed by atoms with Crippen LogP contribution in [-0.4, -0.2) is 31.0 Å². The fraction of sp³-hybridized carbons (Fsp3) is 0.238. The summed E-state index contributed by atoms with van der Waals surface area (Å²) in [7, 11) is 2.02. The number of benzene rings is 1. The van der Waals surface area contributed by atoms with Crippen molar-refractivity contribution in [3.05, 3.63) is 74.9 Å². The van der Waals surface area contributed by atoms with E-state index in [2.05, 4.69) is 22.4 Å². The summed E-state index contributed by atoms with van der Waals surface area (Å²) in [5.41, 5.74) is 1.35. The molecule has 1 aliphatic rings.